The van der Waals surface area contributed by atoms with Crippen molar-refractivity contribution in [1.29, 1.82) is 0 Å². The summed E-state index contributed by atoms with van der Waals surface area (Å²) < 4.78 is 0. The van der Waals surface area contributed by atoms with Crippen LogP contribution in [0.1, 0.15) is 54.4 Å². The van der Waals surface area contributed by atoms with E-state index in [2.05, 4.69) is 56.9 Å². The van der Waals surface area contributed by atoms with Crippen LogP contribution in [0.5, 0.6) is 0 Å². The number of piperidine rings is 1. The van der Waals surface area contributed by atoms with Gasteiger partial charge in [0.1, 0.15) is 0 Å². The van der Waals surface area contributed by atoms with Gasteiger partial charge in [-0.05, 0) is 54.6 Å². The Morgan fingerprint density at radius 1 is 0.909 bits per heavy atom. The third-order valence-corrected chi connectivity index (χ3v) is 6.61. The molecular weight excluding hydrogens is 410 g/mol. The fourth-order valence-electron chi connectivity index (χ4n) is 4.66. The molecule has 2 aromatic carbocycles. The summed E-state index contributed by atoms with van der Waals surface area (Å²) in [6, 6.07) is 17.2. The number of nitrogens with one attached hydrogen (secondary N) is 2. The number of fused-ring (bicyclic) bond motifs is 1. The molecule has 176 valence electrons. The molecule has 2 aliphatic rings. The van der Waals surface area contributed by atoms with E-state index in [-0.39, 0.29) is 5.91 Å². The topological polar surface area (TPSA) is 60.0 Å². The van der Waals surface area contributed by atoms with Gasteiger partial charge in [0.2, 0.25) is 5.91 Å². The summed E-state index contributed by atoms with van der Waals surface area (Å²) in [7, 11) is 1.78. The van der Waals surface area contributed by atoms with Gasteiger partial charge in [-0.2, -0.15) is 0 Å². The van der Waals surface area contributed by atoms with E-state index < -0.39 is 0 Å². The van der Waals surface area contributed by atoms with E-state index in [0.717, 1.165) is 45.1 Å². The monoisotopic (exact) mass is 447 g/mol. The molecule has 0 unspecified atom stereocenters. The van der Waals surface area contributed by atoms with Crippen molar-refractivity contribution in [2.75, 3.05) is 26.7 Å². The normalized spacial score (nSPS) is 16.5. The molecule has 6 nitrogen and oxygen atoms in total. The summed E-state index contributed by atoms with van der Waals surface area (Å²) in [6.07, 6.45) is 5.37. The van der Waals surface area contributed by atoms with Gasteiger partial charge in [-0.15, -0.1) is 0 Å². The number of amides is 1. The van der Waals surface area contributed by atoms with Crippen LogP contribution in [0.15, 0.2) is 53.5 Å². The zero-order chi connectivity index (χ0) is 22.9. The molecule has 0 radical (unpaired) electrons. The second-order valence-electron chi connectivity index (χ2n) is 9.13. The largest absolute Gasteiger partial charge is 0.356 e. The lowest BCUT2D eigenvalue weighted by atomic mass is 10.1. The van der Waals surface area contributed by atoms with E-state index in [9.17, 15) is 4.79 Å². The molecule has 0 spiro atoms. The number of nitrogens with zero attached hydrogens (tertiary/aromatic N) is 3. The molecule has 0 aromatic heterocycles. The number of carbonyl (C=O) groups excluding carboxylic acids is 1. The highest BCUT2D eigenvalue weighted by molar-refractivity contribution is 5.80. The number of guanidine groups is 1. The van der Waals surface area contributed by atoms with Crippen LogP contribution in [0, 0.1) is 0 Å². The van der Waals surface area contributed by atoms with E-state index in [1.165, 1.54) is 54.6 Å². The minimum Gasteiger partial charge on any atom is -0.356 e. The van der Waals surface area contributed by atoms with Gasteiger partial charge >= 0.3 is 0 Å². The van der Waals surface area contributed by atoms with E-state index >= 15 is 0 Å². The molecule has 0 saturated carbocycles. The zero-order valence-corrected chi connectivity index (χ0v) is 19.9. The molecule has 0 aliphatic carbocycles. The van der Waals surface area contributed by atoms with Crippen molar-refractivity contribution in [3.63, 3.8) is 0 Å². The van der Waals surface area contributed by atoms with E-state index in [4.69, 9.17) is 0 Å². The maximum Gasteiger partial charge on any atom is 0.223 e. The first kappa shape index (κ1) is 23.3. The number of aliphatic imine (C=N–C) groups is 1. The molecule has 0 bridgehead atoms. The maximum absolute atomic E-state index is 12.5. The number of likely N-dealkylation sites (tertiary alicyclic amines) is 1. The van der Waals surface area contributed by atoms with Crippen molar-refractivity contribution >= 4 is 11.9 Å². The van der Waals surface area contributed by atoms with Crippen LogP contribution in [0.25, 0.3) is 0 Å². The van der Waals surface area contributed by atoms with Gasteiger partial charge in [-0.25, -0.2) is 0 Å². The van der Waals surface area contributed by atoms with Gasteiger partial charge in [-0.1, -0.05) is 55.0 Å². The summed E-state index contributed by atoms with van der Waals surface area (Å²) in [5.41, 5.74) is 5.17. The van der Waals surface area contributed by atoms with Crippen LogP contribution in [0.2, 0.25) is 0 Å². The van der Waals surface area contributed by atoms with Crippen LogP contribution in [-0.4, -0.2) is 48.3 Å². The Bertz CT molecular complexity index is 909. The van der Waals surface area contributed by atoms with Crippen LogP contribution in [0.4, 0.5) is 0 Å². The molecule has 2 aliphatic heterocycles. The molecule has 33 heavy (non-hydrogen) atoms. The molecule has 2 aromatic rings. The average molecular weight is 448 g/mol. The molecule has 1 amide bonds. The molecule has 6 heteroatoms. The van der Waals surface area contributed by atoms with Crippen molar-refractivity contribution < 1.29 is 4.79 Å². The summed E-state index contributed by atoms with van der Waals surface area (Å²) in [5, 5.41) is 6.70. The Balaban J connectivity index is 1.13. The lowest BCUT2D eigenvalue weighted by Gasteiger charge is -2.26. The highest BCUT2D eigenvalue weighted by atomic mass is 16.2. The van der Waals surface area contributed by atoms with Crippen LogP contribution in [0.3, 0.4) is 0 Å². The van der Waals surface area contributed by atoms with Crippen molar-refractivity contribution in [3.05, 3.63) is 70.8 Å². The fourth-order valence-corrected chi connectivity index (χ4v) is 4.66. The highest BCUT2D eigenvalue weighted by Gasteiger charge is 2.22. The first-order chi connectivity index (χ1) is 16.2. The van der Waals surface area contributed by atoms with E-state index in [0.29, 0.717) is 6.42 Å². The summed E-state index contributed by atoms with van der Waals surface area (Å²) in [4.78, 5) is 21.4. The Labute approximate surface area is 198 Å². The van der Waals surface area contributed by atoms with Crippen molar-refractivity contribution in [2.24, 2.45) is 4.99 Å². The smallest absolute Gasteiger partial charge is 0.223 e. The van der Waals surface area contributed by atoms with Gasteiger partial charge < -0.3 is 15.5 Å². The van der Waals surface area contributed by atoms with E-state index in [1.807, 2.05) is 17.0 Å². The second-order valence-corrected chi connectivity index (χ2v) is 9.13. The van der Waals surface area contributed by atoms with Gasteiger partial charge in [0.05, 0.1) is 0 Å². The van der Waals surface area contributed by atoms with Gasteiger partial charge in [-0.3, -0.25) is 14.7 Å². The molecule has 2 heterocycles. The number of benzene rings is 2. The van der Waals surface area contributed by atoms with Crippen LogP contribution >= 0.6 is 0 Å². The minimum absolute atomic E-state index is 0.223. The highest BCUT2D eigenvalue weighted by Crippen LogP contribution is 2.22. The predicted molar refractivity (Wildman–Crippen MR) is 134 cm³/mol. The Morgan fingerprint density at radius 3 is 2.24 bits per heavy atom. The van der Waals surface area contributed by atoms with Gasteiger partial charge in [0.15, 0.2) is 5.96 Å². The third kappa shape index (κ3) is 6.81. The number of carbonyl (C=O) groups is 1. The van der Waals surface area contributed by atoms with Crippen LogP contribution < -0.4 is 10.6 Å². The molecule has 0 atom stereocenters. The van der Waals surface area contributed by atoms with Crippen molar-refractivity contribution in [2.45, 2.75) is 58.3 Å². The average Bonchev–Trinajstić information content (AvgIpc) is 3.30. The lowest BCUT2D eigenvalue weighted by molar-refractivity contribution is -0.131. The number of hydrogen-bond donors (Lipinski definition) is 2. The van der Waals surface area contributed by atoms with Gasteiger partial charge in [0.25, 0.3) is 0 Å². The minimum atomic E-state index is 0.223. The van der Waals surface area contributed by atoms with Crippen LogP contribution in [-0.2, 0) is 31.0 Å². The Morgan fingerprint density at radius 2 is 1.58 bits per heavy atom. The predicted octanol–water partition coefficient (Wildman–Crippen LogP) is 3.66. The Kier molecular flexibility index (Phi) is 8.36. The summed E-state index contributed by atoms with van der Waals surface area (Å²) in [5.74, 6) is 0.994. The molecular formula is C27H37N5O. The first-order valence-electron chi connectivity index (χ1n) is 12.3. The summed E-state index contributed by atoms with van der Waals surface area (Å²) in [6.45, 7) is 6.44. The first-order valence-corrected chi connectivity index (χ1v) is 12.3. The second kappa shape index (κ2) is 11.8. The Hall–Kier alpha value is -2.86. The number of rotatable bonds is 8. The third-order valence-electron chi connectivity index (χ3n) is 6.61. The summed E-state index contributed by atoms with van der Waals surface area (Å²) >= 11 is 0. The molecule has 2 N–H and O–H groups in total. The van der Waals surface area contributed by atoms with E-state index in [1.54, 1.807) is 7.05 Å². The standard InChI is InChI=1S/C27H37N5O/c1-28-27(29-15-7-10-26(33)32-20-24-8-3-4-9-25(24)21-32)30-18-22-11-13-23(14-12-22)19-31-16-5-2-6-17-31/h3-4,8-9,11-14H,2,5-7,10,15-21H2,1H3,(H2,28,29,30). The SMILES string of the molecule is CN=C(NCCCC(=O)N1Cc2ccccc2C1)NCc1ccc(CN2CCCCC2)cc1. The van der Waals surface area contributed by atoms with Gasteiger partial charge in [0, 0.05) is 46.2 Å². The fraction of sp³-hybridized carbons (Fsp3) is 0.481. The number of hydrogen-bond acceptors (Lipinski definition) is 3. The molecule has 1 fully saturated rings. The zero-order valence-electron chi connectivity index (χ0n) is 19.9. The van der Waals surface area contributed by atoms with Crippen molar-refractivity contribution in [3.8, 4) is 0 Å². The van der Waals surface area contributed by atoms with Crippen molar-refractivity contribution in [1.82, 2.24) is 20.4 Å². The molecule has 1 saturated heterocycles. The quantitative estimate of drug-likeness (QED) is 0.368. The maximum atomic E-state index is 12.5. The lowest BCUT2D eigenvalue weighted by Crippen LogP contribution is -2.37. The molecule has 4 rings (SSSR count).